The van der Waals surface area contributed by atoms with Crippen molar-refractivity contribution >= 4 is 17.4 Å². The van der Waals surface area contributed by atoms with Gasteiger partial charge in [0.25, 0.3) is 5.69 Å². The SMILES string of the molecule is CCOCCOC(=O)C1=C(C)NC2=C(C(=O)C[C@@H](c3ccccc3)C2)[C@@H]1c1ccc([N+](=O)[O-])cc1. The number of nitro benzene ring substituents is 1. The minimum absolute atomic E-state index is 0.0277. The molecule has 0 amide bonds. The number of dihydropyridines is 1. The summed E-state index contributed by atoms with van der Waals surface area (Å²) >= 11 is 0. The van der Waals surface area contributed by atoms with Crippen molar-refractivity contribution in [2.75, 3.05) is 19.8 Å². The summed E-state index contributed by atoms with van der Waals surface area (Å²) < 4.78 is 10.7. The zero-order valence-corrected chi connectivity index (χ0v) is 19.8. The number of benzene rings is 2. The Morgan fingerprint density at radius 1 is 1.06 bits per heavy atom. The molecule has 0 unspecified atom stereocenters. The molecule has 1 aliphatic carbocycles. The van der Waals surface area contributed by atoms with Crippen LogP contribution in [0.1, 0.15) is 49.7 Å². The van der Waals surface area contributed by atoms with Gasteiger partial charge in [-0.2, -0.15) is 0 Å². The Balaban J connectivity index is 1.72. The highest BCUT2D eigenvalue weighted by Gasteiger charge is 2.41. The van der Waals surface area contributed by atoms with Crippen LogP contribution < -0.4 is 5.32 Å². The van der Waals surface area contributed by atoms with Crippen molar-refractivity contribution in [2.24, 2.45) is 0 Å². The Hall–Kier alpha value is -3.78. The number of rotatable bonds is 8. The maximum absolute atomic E-state index is 13.5. The standard InChI is InChI=1S/C27H28N2O6/c1-3-34-13-14-35-27(31)24-17(2)28-22-15-20(18-7-5-4-6-8-18)16-23(30)26(22)25(24)19-9-11-21(12-10-19)29(32)33/h4-12,20,25,28H,3,13-16H2,1-2H3/t20-,25+/m0/s1. The largest absolute Gasteiger partial charge is 0.460 e. The summed E-state index contributed by atoms with van der Waals surface area (Å²) in [6.07, 6.45) is 0.943. The lowest BCUT2D eigenvalue weighted by molar-refractivity contribution is -0.384. The number of nitro groups is 1. The molecule has 182 valence electrons. The highest BCUT2D eigenvalue weighted by Crippen LogP contribution is 2.45. The minimum Gasteiger partial charge on any atom is -0.460 e. The van der Waals surface area contributed by atoms with E-state index in [0.29, 0.717) is 41.9 Å². The lowest BCUT2D eigenvalue weighted by atomic mass is 9.71. The second-order valence-corrected chi connectivity index (χ2v) is 8.61. The second kappa shape index (κ2) is 10.7. The molecular weight excluding hydrogens is 448 g/mol. The molecule has 0 aromatic heterocycles. The molecule has 8 nitrogen and oxygen atoms in total. The van der Waals surface area contributed by atoms with Crippen LogP contribution in [0.25, 0.3) is 0 Å². The van der Waals surface area contributed by atoms with Gasteiger partial charge in [-0.3, -0.25) is 14.9 Å². The fourth-order valence-corrected chi connectivity index (χ4v) is 4.81. The molecule has 0 saturated heterocycles. The molecule has 2 atom stereocenters. The van der Waals surface area contributed by atoms with Crippen LogP contribution in [0.15, 0.2) is 77.1 Å². The van der Waals surface area contributed by atoms with Crippen molar-refractivity contribution in [3.05, 3.63) is 98.4 Å². The van der Waals surface area contributed by atoms with Crippen LogP contribution in [0.4, 0.5) is 5.69 Å². The second-order valence-electron chi connectivity index (χ2n) is 8.61. The molecule has 35 heavy (non-hydrogen) atoms. The Labute approximate surface area is 203 Å². The number of ether oxygens (including phenoxy) is 2. The van der Waals surface area contributed by atoms with E-state index < -0.39 is 16.8 Å². The van der Waals surface area contributed by atoms with Crippen LogP contribution in [0.5, 0.6) is 0 Å². The fraction of sp³-hybridized carbons (Fsp3) is 0.333. The minimum atomic E-state index is -0.670. The summed E-state index contributed by atoms with van der Waals surface area (Å²) in [5.74, 6) is -1.23. The zero-order chi connectivity index (χ0) is 24.9. The van der Waals surface area contributed by atoms with E-state index in [0.717, 1.165) is 11.3 Å². The lowest BCUT2D eigenvalue weighted by Crippen LogP contribution is -2.36. The number of esters is 1. The van der Waals surface area contributed by atoms with Gasteiger partial charge < -0.3 is 14.8 Å². The highest BCUT2D eigenvalue weighted by atomic mass is 16.6. The third kappa shape index (κ3) is 5.17. The van der Waals surface area contributed by atoms with E-state index in [1.807, 2.05) is 37.3 Å². The summed E-state index contributed by atoms with van der Waals surface area (Å²) in [6, 6.07) is 15.9. The van der Waals surface area contributed by atoms with Gasteiger partial charge in [-0.05, 0) is 37.3 Å². The normalized spacial score (nSPS) is 19.8. The van der Waals surface area contributed by atoms with Gasteiger partial charge in [-0.15, -0.1) is 0 Å². The molecule has 2 aromatic carbocycles. The van der Waals surface area contributed by atoms with Gasteiger partial charge in [0.15, 0.2) is 5.78 Å². The van der Waals surface area contributed by atoms with Crippen LogP contribution in [-0.4, -0.2) is 36.5 Å². The molecule has 2 aliphatic rings. The van der Waals surface area contributed by atoms with Crippen LogP contribution in [0, 0.1) is 10.1 Å². The maximum Gasteiger partial charge on any atom is 0.336 e. The van der Waals surface area contributed by atoms with Gasteiger partial charge in [0.05, 0.1) is 17.1 Å². The van der Waals surface area contributed by atoms with E-state index in [9.17, 15) is 19.7 Å². The molecule has 0 saturated carbocycles. The van der Waals surface area contributed by atoms with E-state index in [4.69, 9.17) is 9.47 Å². The van der Waals surface area contributed by atoms with Crippen LogP contribution >= 0.6 is 0 Å². The number of non-ortho nitro benzene ring substituents is 1. The van der Waals surface area contributed by atoms with Crippen molar-refractivity contribution in [2.45, 2.75) is 38.5 Å². The highest BCUT2D eigenvalue weighted by molar-refractivity contribution is 6.04. The Morgan fingerprint density at radius 2 is 1.77 bits per heavy atom. The van der Waals surface area contributed by atoms with Crippen molar-refractivity contribution in [1.29, 1.82) is 0 Å². The van der Waals surface area contributed by atoms with Crippen molar-refractivity contribution < 1.29 is 24.0 Å². The van der Waals surface area contributed by atoms with Gasteiger partial charge in [-0.1, -0.05) is 42.5 Å². The Morgan fingerprint density at radius 3 is 2.43 bits per heavy atom. The number of carbonyl (C=O) groups excluding carboxylic acids is 2. The van der Waals surface area contributed by atoms with Gasteiger partial charge >= 0.3 is 5.97 Å². The molecule has 1 N–H and O–H groups in total. The van der Waals surface area contributed by atoms with Gasteiger partial charge in [0.2, 0.25) is 0 Å². The molecular formula is C27H28N2O6. The first-order valence-corrected chi connectivity index (χ1v) is 11.7. The Bertz CT molecular complexity index is 1180. The van der Waals surface area contributed by atoms with Crippen LogP contribution in [0.3, 0.4) is 0 Å². The predicted octanol–water partition coefficient (Wildman–Crippen LogP) is 4.54. The van der Waals surface area contributed by atoms with Crippen LogP contribution in [0.2, 0.25) is 0 Å². The number of Topliss-reactive ketones (excluding diaryl/α,β-unsaturated/α-hetero) is 1. The summed E-state index contributed by atoms with van der Waals surface area (Å²) in [4.78, 5) is 37.4. The Kier molecular flexibility index (Phi) is 7.41. The summed E-state index contributed by atoms with van der Waals surface area (Å²) in [5.41, 5.74) is 3.90. The summed E-state index contributed by atoms with van der Waals surface area (Å²) in [5, 5.41) is 14.5. The third-order valence-electron chi connectivity index (χ3n) is 6.42. The molecule has 4 rings (SSSR count). The molecule has 0 bridgehead atoms. The first-order chi connectivity index (χ1) is 16.9. The van der Waals surface area contributed by atoms with Crippen LogP contribution in [-0.2, 0) is 19.1 Å². The van der Waals surface area contributed by atoms with Gasteiger partial charge in [-0.25, -0.2) is 4.79 Å². The van der Waals surface area contributed by atoms with Gasteiger partial charge in [0, 0.05) is 48.0 Å². The molecule has 0 spiro atoms. The predicted molar refractivity (Wildman–Crippen MR) is 130 cm³/mol. The van der Waals surface area contributed by atoms with E-state index in [-0.39, 0.29) is 30.6 Å². The average Bonchev–Trinajstić information content (AvgIpc) is 2.86. The lowest BCUT2D eigenvalue weighted by Gasteiger charge is -2.36. The van der Waals surface area contributed by atoms with Crippen molar-refractivity contribution in [1.82, 2.24) is 5.32 Å². The van der Waals surface area contributed by atoms with Gasteiger partial charge in [0.1, 0.15) is 6.61 Å². The molecule has 0 fully saturated rings. The van der Waals surface area contributed by atoms with Crippen molar-refractivity contribution in [3.63, 3.8) is 0 Å². The number of carbonyl (C=O) groups is 2. The number of nitrogens with one attached hydrogen (secondary N) is 1. The molecule has 1 heterocycles. The summed E-state index contributed by atoms with van der Waals surface area (Å²) in [7, 11) is 0. The number of ketones is 1. The number of nitrogens with zero attached hydrogens (tertiary/aromatic N) is 1. The van der Waals surface area contributed by atoms with E-state index in [1.165, 1.54) is 12.1 Å². The third-order valence-corrected chi connectivity index (χ3v) is 6.42. The number of allylic oxidation sites excluding steroid dienone is 3. The van der Waals surface area contributed by atoms with Crippen molar-refractivity contribution in [3.8, 4) is 0 Å². The number of hydrogen-bond acceptors (Lipinski definition) is 7. The average molecular weight is 477 g/mol. The molecule has 8 heteroatoms. The fourth-order valence-electron chi connectivity index (χ4n) is 4.81. The number of hydrogen-bond donors (Lipinski definition) is 1. The first kappa shape index (κ1) is 24.3. The maximum atomic E-state index is 13.5. The summed E-state index contributed by atoms with van der Waals surface area (Å²) in [6.45, 7) is 4.52. The quantitative estimate of drug-likeness (QED) is 0.258. The smallest absolute Gasteiger partial charge is 0.336 e. The monoisotopic (exact) mass is 476 g/mol. The van der Waals surface area contributed by atoms with E-state index in [2.05, 4.69) is 5.32 Å². The molecule has 2 aromatic rings. The zero-order valence-electron chi connectivity index (χ0n) is 19.8. The molecule has 0 radical (unpaired) electrons. The first-order valence-electron chi connectivity index (χ1n) is 11.7. The van der Waals surface area contributed by atoms with E-state index >= 15 is 0 Å². The molecule has 1 aliphatic heterocycles. The van der Waals surface area contributed by atoms with E-state index in [1.54, 1.807) is 19.1 Å². The topological polar surface area (TPSA) is 108 Å².